The number of pyridine rings is 1. The zero-order chi connectivity index (χ0) is 10.2. The molecule has 2 rings (SSSR count). The molecule has 2 aromatic rings. The summed E-state index contributed by atoms with van der Waals surface area (Å²) in [6, 6.07) is 10.3. The number of aromatic nitrogens is 1. The van der Waals surface area contributed by atoms with Crippen molar-refractivity contribution in [3.8, 4) is 0 Å². The molecule has 0 atom stereocenters. The summed E-state index contributed by atoms with van der Waals surface area (Å²) >= 11 is 0. The van der Waals surface area contributed by atoms with E-state index in [9.17, 15) is 0 Å². The molecule has 1 aromatic heterocycles. The summed E-state index contributed by atoms with van der Waals surface area (Å²) in [5.41, 5.74) is 0.497. The van der Waals surface area contributed by atoms with E-state index in [2.05, 4.69) is 4.98 Å². The molecule has 0 bridgehead atoms. The van der Waals surface area contributed by atoms with Crippen LogP contribution in [0.1, 0.15) is 0 Å². The minimum absolute atomic E-state index is 0. The third-order valence-electron chi connectivity index (χ3n) is 2.02. The van der Waals surface area contributed by atoms with Crippen LogP contribution in [0, 0.1) is 0 Å². The second kappa shape index (κ2) is 4.35. The Kier molecular flexibility index (Phi) is 3.55. The number of hydrogen-bond acceptors (Lipinski definition) is 4. The van der Waals surface area contributed by atoms with Crippen molar-refractivity contribution in [2.24, 2.45) is 0 Å². The molecule has 0 spiro atoms. The molecule has 0 fully saturated rings. The first kappa shape index (κ1) is 12.2. The van der Waals surface area contributed by atoms with Crippen molar-refractivity contribution in [3.63, 3.8) is 0 Å². The minimum Gasteiger partial charge on any atom is -0.555 e. The summed E-state index contributed by atoms with van der Waals surface area (Å²) in [6.45, 7) is -3.50. The maximum Gasteiger partial charge on any atom is 1.00 e. The van der Waals surface area contributed by atoms with Crippen LogP contribution in [0.15, 0.2) is 36.4 Å². The minimum atomic E-state index is -3.50. The first-order valence-electron chi connectivity index (χ1n) is 4.25. The van der Waals surface area contributed by atoms with Crippen molar-refractivity contribution >= 4 is 23.3 Å². The largest absolute Gasteiger partial charge is 1.00 e. The van der Waals surface area contributed by atoms with Gasteiger partial charge in [-0.15, -0.1) is 0 Å². The van der Waals surface area contributed by atoms with Gasteiger partial charge in [0.1, 0.15) is 0 Å². The van der Waals surface area contributed by atoms with Crippen LogP contribution in [0.4, 0.5) is 0 Å². The Morgan fingerprint density at radius 1 is 0.933 bits per heavy atom. The van der Waals surface area contributed by atoms with E-state index in [-0.39, 0.29) is 24.5 Å². The first-order chi connectivity index (χ1) is 6.57. The summed E-state index contributed by atoms with van der Waals surface area (Å²) in [5.74, 6) is 0. The predicted molar refractivity (Wildman–Crippen MR) is 53.8 cm³/mol. The summed E-state index contributed by atoms with van der Waals surface area (Å²) in [4.78, 5) is 3.92. The zero-order valence-corrected chi connectivity index (χ0v) is 8.33. The van der Waals surface area contributed by atoms with E-state index in [1.54, 1.807) is 18.2 Å². The van der Waals surface area contributed by atoms with Gasteiger partial charge >= 0.3 is 25.6 Å². The smallest absolute Gasteiger partial charge is 0.555 e. The van der Waals surface area contributed by atoms with Crippen LogP contribution in [-0.2, 0) is 0 Å². The Bertz CT molecular complexity index is 472. The summed E-state index contributed by atoms with van der Waals surface area (Å²) in [5, 5.41) is 27.8. The van der Waals surface area contributed by atoms with E-state index >= 15 is 0 Å². The van der Waals surface area contributed by atoms with Gasteiger partial charge in [-0.3, -0.25) is 4.98 Å². The van der Waals surface area contributed by atoms with Crippen LogP contribution in [0.5, 0.6) is 0 Å². The fraction of sp³-hybridized carbons (Fsp3) is 0. The topological polar surface area (TPSA) is 73.6 Å². The van der Waals surface area contributed by atoms with Gasteiger partial charge < -0.3 is 15.1 Å². The molecule has 0 saturated heterocycles. The van der Waals surface area contributed by atoms with Crippen LogP contribution >= 0.6 is 0 Å². The van der Waals surface area contributed by atoms with Gasteiger partial charge in [0, 0.05) is 0 Å². The summed E-state index contributed by atoms with van der Waals surface area (Å²) in [7, 11) is 0. The van der Waals surface area contributed by atoms with Crippen LogP contribution in [0.25, 0.3) is 10.9 Å². The zero-order valence-electron chi connectivity index (χ0n) is 8.33. The molecule has 3 N–H and O–H groups in total. The predicted octanol–water partition coefficient (Wildman–Crippen LogP) is -3.64. The Morgan fingerprint density at radius 3 is 2.27 bits per heavy atom. The second-order valence-corrected chi connectivity index (χ2v) is 3.16. The molecule has 6 heteroatoms. The van der Waals surface area contributed by atoms with E-state index in [1.165, 1.54) is 6.07 Å². The Labute approximate surface area is 98.8 Å². The molecule has 0 amide bonds. The maximum atomic E-state index is 8.96. The second-order valence-electron chi connectivity index (χ2n) is 3.16. The standard InChI is InChI=1S/C9H9BNO3.Li/c12-10(13,14)9-6-5-7-3-1-2-4-8(7)11-9;/h1-6,12-14H;/q-1;+1. The molecule has 0 radical (unpaired) electrons. The van der Waals surface area contributed by atoms with Crippen LogP contribution in [0.3, 0.4) is 0 Å². The molecule has 4 nitrogen and oxygen atoms in total. The quantitative estimate of drug-likeness (QED) is 0.412. The third kappa shape index (κ3) is 2.59. The number of benzene rings is 1. The molecule has 1 heterocycles. The van der Waals surface area contributed by atoms with Gasteiger partial charge in [0.05, 0.1) is 5.52 Å². The molecular formula is C9H9BLiNO3. The third-order valence-corrected chi connectivity index (χ3v) is 2.02. The van der Waals surface area contributed by atoms with Crippen molar-refractivity contribution < 1.29 is 33.9 Å². The normalized spacial score (nSPS) is 11.1. The van der Waals surface area contributed by atoms with Crippen LogP contribution < -0.4 is 24.5 Å². The van der Waals surface area contributed by atoms with E-state index in [0.29, 0.717) is 5.52 Å². The van der Waals surface area contributed by atoms with Crippen LogP contribution in [-0.4, -0.2) is 26.8 Å². The fourth-order valence-corrected chi connectivity index (χ4v) is 1.30. The number of nitrogens with zero attached hydrogens (tertiary/aromatic N) is 1. The van der Waals surface area contributed by atoms with Crippen molar-refractivity contribution in [1.29, 1.82) is 0 Å². The van der Waals surface area contributed by atoms with Gasteiger partial charge in [0.2, 0.25) is 0 Å². The van der Waals surface area contributed by atoms with E-state index in [4.69, 9.17) is 15.1 Å². The molecule has 0 saturated carbocycles. The first-order valence-corrected chi connectivity index (χ1v) is 4.25. The van der Waals surface area contributed by atoms with E-state index in [1.807, 2.05) is 12.1 Å². The number of para-hydroxylation sites is 1. The number of hydrogen-bond donors (Lipinski definition) is 3. The molecule has 0 aliphatic rings. The summed E-state index contributed by atoms with van der Waals surface area (Å²) < 4.78 is 0. The molecular weight excluding hydrogens is 188 g/mol. The SMILES string of the molecule is O[B-](O)(O)c1ccc2ccccc2n1.[Li+]. The molecule has 1 aromatic carbocycles. The van der Waals surface area contributed by atoms with E-state index < -0.39 is 6.75 Å². The van der Waals surface area contributed by atoms with Gasteiger partial charge in [0.25, 0.3) is 0 Å². The molecule has 15 heavy (non-hydrogen) atoms. The Morgan fingerprint density at radius 2 is 1.60 bits per heavy atom. The molecule has 0 aliphatic heterocycles. The number of fused-ring (bicyclic) bond motifs is 1. The summed E-state index contributed by atoms with van der Waals surface area (Å²) in [6.07, 6.45) is 0. The van der Waals surface area contributed by atoms with Gasteiger partial charge in [-0.25, -0.2) is 0 Å². The molecule has 0 unspecified atom stereocenters. The van der Waals surface area contributed by atoms with Crippen molar-refractivity contribution in [1.82, 2.24) is 4.98 Å². The average molecular weight is 197 g/mol. The van der Waals surface area contributed by atoms with Gasteiger partial charge in [-0.1, -0.05) is 30.3 Å². The maximum absolute atomic E-state index is 8.96. The van der Waals surface area contributed by atoms with Crippen molar-refractivity contribution in [3.05, 3.63) is 36.4 Å². The van der Waals surface area contributed by atoms with Crippen molar-refractivity contribution in [2.45, 2.75) is 0 Å². The average Bonchev–Trinajstić information content (AvgIpc) is 2.16. The monoisotopic (exact) mass is 197 g/mol. The number of rotatable bonds is 1. The Hall–Kier alpha value is -0.828. The van der Waals surface area contributed by atoms with Crippen molar-refractivity contribution in [2.75, 3.05) is 0 Å². The van der Waals surface area contributed by atoms with E-state index in [0.717, 1.165) is 5.39 Å². The molecule has 72 valence electrons. The van der Waals surface area contributed by atoms with Gasteiger partial charge in [-0.2, -0.15) is 0 Å². The van der Waals surface area contributed by atoms with Gasteiger partial charge in [-0.05, 0) is 17.0 Å². The Balaban J connectivity index is 0.00000112. The molecule has 0 aliphatic carbocycles. The fourth-order valence-electron chi connectivity index (χ4n) is 1.30. The van der Waals surface area contributed by atoms with Gasteiger partial charge in [0.15, 0.2) is 0 Å². The van der Waals surface area contributed by atoms with Crippen LogP contribution in [0.2, 0.25) is 0 Å².